The molecule has 2 aromatic heterocycles. The summed E-state index contributed by atoms with van der Waals surface area (Å²) >= 11 is 0. The van der Waals surface area contributed by atoms with Crippen LogP contribution in [0.25, 0.3) is 22.6 Å². The van der Waals surface area contributed by atoms with Crippen molar-refractivity contribution in [1.29, 1.82) is 0 Å². The lowest BCUT2D eigenvalue weighted by Crippen LogP contribution is -1.93. The summed E-state index contributed by atoms with van der Waals surface area (Å²) < 4.78 is 5.38. The number of benzene rings is 1. The first kappa shape index (κ1) is 11.7. The van der Waals surface area contributed by atoms with E-state index in [2.05, 4.69) is 34.0 Å². The number of fused-ring (bicyclic) bond motifs is 1. The van der Waals surface area contributed by atoms with Gasteiger partial charge in [0.1, 0.15) is 5.82 Å². The average Bonchev–Trinajstić information content (AvgIpc) is 2.82. The number of H-pyrrole nitrogens is 1. The van der Waals surface area contributed by atoms with E-state index in [1.54, 1.807) is 0 Å². The van der Waals surface area contributed by atoms with Crippen LogP contribution in [0, 0.1) is 6.92 Å². The first-order valence-corrected chi connectivity index (χ1v) is 6.33. The molecule has 0 radical (unpaired) electrons. The van der Waals surface area contributed by atoms with Gasteiger partial charge >= 0.3 is 0 Å². The Labute approximate surface area is 111 Å². The molecule has 4 heteroatoms. The van der Waals surface area contributed by atoms with Gasteiger partial charge in [0.15, 0.2) is 5.65 Å². The number of aromatic nitrogens is 3. The maximum Gasteiger partial charge on any atom is 0.215 e. The number of nitrogens with zero attached hydrogens (tertiary/aromatic N) is 2. The molecule has 0 saturated carbocycles. The molecule has 0 spiro atoms. The molecule has 0 aliphatic rings. The number of imidazole rings is 1. The zero-order valence-electron chi connectivity index (χ0n) is 11.0. The molecule has 1 N–H and O–H groups in total. The molecule has 0 aliphatic heterocycles. The monoisotopic (exact) mass is 253 g/mol. The molecule has 4 nitrogen and oxygen atoms in total. The smallest absolute Gasteiger partial charge is 0.215 e. The van der Waals surface area contributed by atoms with Gasteiger partial charge in [-0.3, -0.25) is 0 Å². The maximum atomic E-state index is 5.38. The molecule has 19 heavy (non-hydrogen) atoms. The molecule has 0 aliphatic carbocycles. The molecule has 1 aromatic carbocycles. The van der Waals surface area contributed by atoms with Crippen LogP contribution in [0.2, 0.25) is 0 Å². The topological polar surface area (TPSA) is 50.8 Å². The summed E-state index contributed by atoms with van der Waals surface area (Å²) in [5, 5.41) is 0. The highest BCUT2D eigenvalue weighted by atomic mass is 16.5. The summed E-state index contributed by atoms with van der Waals surface area (Å²) in [5.74, 6) is 1.44. The molecule has 3 rings (SSSR count). The van der Waals surface area contributed by atoms with E-state index in [1.165, 1.54) is 5.56 Å². The third kappa shape index (κ3) is 2.29. The van der Waals surface area contributed by atoms with Crippen LogP contribution < -0.4 is 4.74 Å². The minimum absolute atomic E-state index is 0.605. The number of nitrogens with one attached hydrogen (secondary N) is 1. The molecule has 0 bridgehead atoms. The zero-order chi connectivity index (χ0) is 13.2. The van der Waals surface area contributed by atoms with Gasteiger partial charge in [0.25, 0.3) is 0 Å². The van der Waals surface area contributed by atoms with E-state index < -0.39 is 0 Å². The van der Waals surface area contributed by atoms with Crippen molar-refractivity contribution in [3.8, 4) is 17.3 Å². The first-order chi connectivity index (χ1) is 9.26. The average molecular weight is 253 g/mol. The summed E-state index contributed by atoms with van der Waals surface area (Å²) in [6.07, 6.45) is 0. The van der Waals surface area contributed by atoms with Gasteiger partial charge < -0.3 is 9.72 Å². The molecular weight excluding hydrogens is 238 g/mol. The SMILES string of the molecule is CCOc1ccc2[nH]c(-c3cccc(C)c3)nc2n1. The Bertz CT molecular complexity index is 718. The standard InChI is InChI=1S/C15H15N3O/c1-3-19-13-8-7-12-15(17-13)18-14(16-12)11-6-4-5-10(2)9-11/h4-9H,3H2,1-2H3,(H,16,17,18). The predicted molar refractivity (Wildman–Crippen MR) is 75.2 cm³/mol. The van der Waals surface area contributed by atoms with E-state index in [9.17, 15) is 0 Å². The quantitative estimate of drug-likeness (QED) is 0.779. The van der Waals surface area contributed by atoms with Crippen molar-refractivity contribution in [3.63, 3.8) is 0 Å². The summed E-state index contributed by atoms with van der Waals surface area (Å²) in [4.78, 5) is 12.2. The van der Waals surface area contributed by atoms with Crippen LogP contribution >= 0.6 is 0 Å². The zero-order valence-corrected chi connectivity index (χ0v) is 11.0. The molecule has 3 aromatic rings. The van der Waals surface area contributed by atoms with Crippen LogP contribution in [0.4, 0.5) is 0 Å². The van der Waals surface area contributed by atoms with Crippen LogP contribution in [0.15, 0.2) is 36.4 Å². The number of pyridine rings is 1. The first-order valence-electron chi connectivity index (χ1n) is 6.33. The Hall–Kier alpha value is -2.36. The Morgan fingerprint density at radius 2 is 2.05 bits per heavy atom. The second-order valence-electron chi connectivity index (χ2n) is 4.41. The van der Waals surface area contributed by atoms with Crippen molar-refractivity contribution in [1.82, 2.24) is 15.0 Å². The molecular formula is C15H15N3O. The van der Waals surface area contributed by atoms with Crippen LogP contribution in [-0.4, -0.2) is 21.6 Å². The van der Waals surface area contributed by atoms with Gasteiger partial charge in [-0.05, 0) is 26.0 Å². The number of aryl methyl sites for hydroxylation is 1. The van der Waals surface area contributed by atoms with Gasteiger partial charge in [0.05, 0.1) is 12.1 Å². The van der Waals surface area contributed by atoms with Crippen molar-refractivity contribution in [3.05, 3.63) is 42.0 Å². The third-order valence-electron chi connectivity index (χ3n) is 2.90. The van der Waals surface area contributed by atoms with Gasteiger partial charge in [0.2, 0.25) is 5.88 Å². The van der Waals surface area contributed by atoms with Gasteiger partial charge in [0, 0.05) is 11.6 Å². The Balaban J connectivity index is 2.06. The Morgan fingerprint density at radius 1 is 1.16 bits per heavy atom. The van der Waals surface area contributed by atoms with Gasteiger partial charge in [-0.15, -0.1) is 0 Å². The van der Waals surface area contributed by atoms with E-state index in [1.807, 2.05) is 31.2 Å². The molecule has 2 heterocycles. The molecule has 0 fully saturated rings. The second kappa shape index (κ2) is 4.72. The van der Waals surface area contributed by atoms with Gasteiger partial charge in [-0.1, -0.05) is 23.8 Å². The summed E-state index contributed by atoms with van der Waals surface area (Å²) in [5.41, 5.74) is 3.87. The van der Waals surface area contributed by atoms with Crippen molar-refractivity contribution in [2.24, 2.45) is 0 Å². The molecule has 0 amide bonds. The van der Waals surface area contributed by atoms with E-state index in [0.29, 0.717) is 18.1 Å². The van der Waals surface area contributed by atoms with Crippen molar-refractivity contribution in [2.45, 2.75) is 13.8 Å². The molecule has 96 valence electrons. The highest BCUT2D eigenvalue weighted by Gasteiger charge is 2.07. The summed E-state index contributed by atoms with van der Waals surface area (Å²) in [6, 6.07) is 12.0. The van der Waals surface area contributed by atoms with E-state index in [-0.39, 0.29) is 0 Å². The van der Waals surface area contributed by atoms with Crippen molar-refractivity contribution < 1.29 is 4.74 Å². The van der Waals surface area contributed by atoms with Gasteiger partial charge in [-0.25, -0.2) is 4.98 Å². The highest BCUT2D eigenvalue weighted by molar-refractivity contribution is 5.76. The second-order valence-corrected chi connectivity index (χ2v) is 4.41. The lowest BCUT2D eigenvalue weighted by atomic mass is 10.1. The van der Waals surface area contributed by atoms with E-state index in [0.717, 1.165) is 16.9 Å². The summed E-state index contributed by atoms with van der Waals surface area (Å²) in [7, 11) is 0. The van der Waals surface area contributed by atoms with E-state index >= 15 is 0 Å². The number of hydrogen-bond donors (Lipinski definition) is 1. The van der Waals surface area contributed by atoms with Gasteiger partial charge in [-0.2, -0.15) is 4.98 Å². The largest absolute Gasteiger partial charge is 0.478 e. The van der Waals surface area contributed by atoms with Crippen LogP contribution in [0.5, 0.6) is 5.88 Å². The lowest BCUT2D eigenvalue weighted by molar-refractivity contribution is 0.328. The number of ether oxygens (including phenoxy) is 1. The number of hydrogen-bond acceptors (Lipinski definition) is 3. The van der Waals surface area contributed by atoms with E-state index in [4.69, 9.17) is 4.74 Å². The maximum absolute atomic E-state index is 5.38. The Kier molecular flexibility index (Phi) is 2.91. The normalized spacial score (nSPS) is 10.8. The summed E-state index contributed by atoms with van der Waals surface area (Å²) in [6.45, 7) is 4.61. The Morgan fingerprint density at radius 3 is 2.84 bits per heavy atom. The number of rotatable bonds is 3. The molecule has 0 saturated heterocycles. The highest BCUT2D eigenvalue weighted by Crippen LogP contribution is 2.21. The van der Waals surface area contributed by atoms with Crippen molar-refractivity contribution >= 4 is 11.2 Å². The third-order valence-corrected chi connectivity index (χ3v) is 2.90. The fourth-order valence-corrected chi connectivity index (χ4v) is 2.03. The predicted octanol–water partition coefficient (Wildman–Crippen LogP) is 3.33. The minimum Gasteiger partial charge on any atom is -0.478 e. The minimum atomic E-state index is 0.605. The molecule has 0 atom stereocenters. The fraction of sp³-hybridized carbons (Fsp3) is 0.200. The van der Waals surface area contributed by atoms with Crippen molar-refractivity contribution in [2.75, 3.05) is 6.61 Å². The van der Waals surface area contributed by atoms with Crippen LogP contribution in [0.3, 0.4) is 0 Å². The van der Waals surface area contributed by atoms with Crippen LogP contribution in [-0.2, 0) is 0 Å². The molecule has 0 unspecified atom stereocenters. The lowest BCUT2D eigenvalue weighted by Gasteiger charge is -1.99. The number of aromatic amines is 1. The fourth-order valence-electron chi connectivity index (χ4n) is 2.03. The van der Waals surface area contributed by atoms with Crippen LogP contribution in [0.1, 0.15) is 12.5 Å².